The maximum Gasteiger partial charge on any atom is 0.297 e. The zero-order valence-electron chi connectivity index (χ0n) is 18.9. The highest BCUT2D eigenvalue weighted by molar-refractivity contribution is 6.35. The number of nitriles is 1. The lowest BCUT2D eigenvalue weighted by Crippen LogP contribution is -2.22. The normalized spacial score (nSPS) is 10.9. The van der Waals surface area contributed by atoms with E-state index in [1.165, 1.54) is 31.2 Å². The van der Waals surface area contributed by atoms with Crippen LogP contribution in [0.2, 0.25) is 5.02 Å². The van der Waals surface area contributed by atoms with Crippen molar-refractivity contribution in [3.8, 4) is 11.9 Å². The van der Waals surface area contributed by atoms with Gasteiger partial charge in [-0.2, -0.15) is 5.26 Å². The molecular formula is C24H20ClN5O5. The monoisotopic (exact) mass is 493 g/mol. The molecular weight excluding hydrogens is 474 g/mol. The van der Waals surface area contributed by atoms with Crippen LogP contribution >= 0.6 is 11.6 Å². The molecule has 0 saturated carbocycles. The highest BCUT2D eigenvalue weighted by Crippen LogP contribution is 2.33. The van der Waals surface area contributed by atoms with E-state index in [2.05, 4.69) is 10.2 Å². The highest BCUT2D eigenvalue weighted by Gasteiger charge is 2.22. The number of carbonyl (C=O) groups excluding carboxylic acids is 1. The number of halogens is 1. The Balaban J connectivity index is 2.09. The Morgan fingerprint density at radius 1 is 1.26 bits per heavy atom. The number of aromatic hydroxyl groups is 1. The number of azo groups is 1. The first-order chi connectivity index (χ1) is 16.7. The Morgan fingerprint density at radius 2 is 1.97 bits per heavy atom. The molecule has 0 aliphatic heterocycles. The standard InChI is InChI=1S/C24H20ClN5O5/c1-3-4-11-29-23(32)17(13-26)14(2)21(24(29)33)28-27-19-10-9-15(12-20(19)30(34)35)22(31)16-7-5-6-8-18(16)25/h5-10,12,32H,3-4,11H2,1-2H3. The molecule has 3 aromatic rings. The van der Waals surface area contributed by atoms with Crippen LogP contribution in [0.4, 0.5) is 17.1 Å². The number of benzene rings is 2. The van der Waals surface area contributed by atoms with E-state index in [0.717, 1.165) is 17.1 Å². The summed E-state index contributed by atoms with van der Waals surface area (Å²) in [4.78, 5) is 36.7. The van der Waals surface area contributed by atoms with Crippen molar-refractivity contribution < 1.29 is 14.8 Å². The van der Waals surface area contributed by atoms with Crippen LogP contribution in [0.5, 0.6) is 5.88 Å². The number of rotatable bonds is 8. The Morgan fingerprint density at radius 3 is 2.60 bits per heavy atom. The van der Waals surface area contributed by atoms with E-state index in [4.69, 9.17) is 11.6 Å². The van der Waals surface area contributed by atoms with Crippen LogP contribution in [0.15, 0.2) is 57.5 Å². The fourth-order valence-corrected chi connectivity index (χ4v) is 3.60. The molecule has 0 spiro atoms. The second kappa shape index (κ2) is 10.7. The lowest BCUT2D eigenvalue weighted by Gasteiger charge is -2.12. The molecule has 0 bridgehead atoms. The first-order valence-corrected chi connectivity index (χ1v) is 10.9. The number of hydrogen-bond acceptors (Lipinski definition) is 8. The van der Waals surface area contributed by atoms with Crippen molar-refractivity contribution >= 4 is 34.4 Å². The Labute approximate surface area is 204 Å². The summed E-state index contributed by atoms with van der Waals surface area (Å²) in [6, 6.07) is 11.8. The summed E-state index contributed by atoms with van der Waals surface area (Å²) in [5.41, 5.74) is -1.42. The molecule has 0 saturated heterocycles. The fourth-order valence-electron chi connectivity index (χ4n) is 3.38. The van der Waals surface area contributed by atoms with Gasteiger partial charge in [-0.3, -0.25) is 24.3 Å². The molecule has 178 valence electrons. The molecule has 0 aliphatic carbocycles. The lowest BCUT2D eigenvalue weighted by atomic mass is 10.0. The minimum atomic E-state index is -0.721. The molecule has 1 N–H and O–H groups in total. The van der Waals surface area contributed by atoms with Gasteiger partial charge in [0, 0.05) is 29.3 Å². The van der Waals surface area contributed by atoms with Gasteiger partial charge >= 0.3 is 0 Å². The van der Waals surface area contributed by atoms with E-state index in [1.54, 1.807) is 12.1 Å². The second-order valence-corrected chi connectivity index (χ2v) is 7.97. The maximum absolute atomic E-state index is 12.9. The summed E-state index contributed by atoms with van der Waals surface area (Å²) in [5.74, 6) is -0.968. The van der Waals surface area contributed by atoms with E-state index >= 15 is 0 Å². The van der Waals surface area contributed by atoms with Gasteiger partial charge < -0.3 is 5.11 Å². The smallest absolute Gasteiger partial charge is 0.297 e. The molecule has 0 unspecified atom stereocenters. The van der Waals surface area contributed by atoms with E-state index in [9.17, 15) is 30.1 Å². The van der Waals surface area contributed by atoms with Crippen LogP contribution in [-0.4, -0.2) is 20.4 Å². The quantitative estimate of drug-likeness (QED) is 0.183. The van der Waals surface area contributed by atoms with E-state index in [1.807, 2.05) is 13.0 Å². The number of carbonyl (C=O) groups is 1. The summed E-state index contributed by atoms with van der Waals surface area (Å²) in [5, 5.41) is 39.4. The molecule has 3 rings (SSSR count). The molecule has 0 aliphatic rings. The molecule has 35 heavy (non-hydrogen) atoms. The van der Waals surface area contributed by atoms with Gasteiger partial charge in [-0.1, -0.05) is 37.1 Å². The largest absolute Gasteiger partial charge is 0.493 e. The van der Waals surface area contributed by atoms with Crippen molar-refractivity contribution in [1.29, 1.82) is 5.26 Å². The van der Waals surface area contributed by atoms with Gasteiger partial charge in [0.05, 0.1) is 9.95 Å². The van der Waals surface area contributed by atoms with E-state index < -0.39 is 27.8 Å². The Kier molecular flexibility index (Phi) is 7.73. The minimum absolute atomic E-state index is 0.0262. The van der Waals surface area contributed by atoms with E-state index in [-0.39, 0.29) is 45.2 Å². The minimum Gasteiger partial charge on any atom is -0.493 e. The molecule has 1 aromatic heterocycles. The first-order valence-electron chi connectivity index (χ1n) is 10.6. The van der Waals surface area contributed by atoms with Gasteiger partial charge in [-0.05, 0) is 37.6 Å². The fraction of sp³-hybridized carbons (Fsp3) is 0.208. The topological polar surface area (TPSA) is 151 Å². The van der Waals surface area contributed by atoms with Crippen LogP contribution in [0.25, 0.3) is 0 Å². The van der Waals surface area contributed by atoms with Crippen LogP contribution in [0.1, 0.15) is 46.8 Å². The predicted octanol–water partition coefficient (Wildman–Crippen LogP) is 5.74. The summed E-state index contributed by atoms with van der Waals surface area (Å²) in [6.45, 7) is 3.50. The average Bonchev–Trinajstić information content (AvgIpc) is 2.84. The van der Waals surface area contributed by atoms with Crippen LogP contribution < -0.4 is 5.56 Å². The van der Waals surface area contributed by atoms with Crippen LogP contribution in [-0.2, 0) is 6.54 Å². The molecule has 11 heteroatoms. The summed E-state index contributed by atoms with van der Waals surface area (Å²) >= 11 is 6.07. The SMILES string of the molecule is CCCCn1c(O)c(C#N)c(C)c(N=Nc2ccc(C(=O)c3ccccc3Cl)cc2[N+](=O)[O-])c1=O. The number of hydrogen-bond donors (Lipinski definition) is 1. The molecule has 0 atom stereocenters. The highest BCUT2D eigenvalue weighted by atomic mass is 35.5. The van der Waals surface area contributed by atoms with Gasteiger partial charge in [0.1, 0.15) is 11.6 Å². The van der Waals surface area contributed by atoms with Crippen molar-refractivity contribution in [2.45, 2.75) is 33.2 Å². The maximum atomic E-state index is 12.9. The molecule has 0 radical (unpaired) electrons. The number of unbranched alkanes of at least 4 members (excludes halogenated alkanes) is 1. The second-order valence-electron chi connectivity index (χ2n) is 7.56. The third-order valence-electron chi connectivity index (χ3n) is 5.31. The van der Waals surface area contributed by atoms with Crippen LogP contribution in [0.3, 0.4) is 0 Å². The molecule has 10 nitrogen and oxygen atoms in total. The number of ketones is 1. The lowest BCUT2D eigenvalue weighted by molar-refractivity contribution is -0.384. The first kappa shape index (κ1) is 25.3. The van der Waals surface area contributed by atoms with Crippen molar-refractivity contribution in [1.82, 2.24) is 4.57 Å². The third kappa shape index (κ3) is 5.10. The molecule has 2 aromatic carbocycles. The van der Waals surface area contributed by atoms with Gasteiger partial charge in [-0.25, -0.2) is 0 Å². The van der Waals surface area contributed by atoms with Gasteiger partial charge in [0.25, 0.3) is 11.2 Å². The summed E-state index contributed by atoms with van der Waals surface area (Å²) in [6.07, 6.45) is 1.31. The van der Waals surface area contributed by atoms with Crippen LogP contribution in [0, 0.1) is 28.4 Å². The summed E-state index contributed by atoms with van der Waals surface area (Å²) in [7, 11) is 0. The predicted molar refractivity (Wildman–Crippen MR) is 129 cm³/mol. The van der Waals surface area contributed by atoms with Crippen molar-refractivity contribution in [2.24, 2.45) is 10.2 Å². The van der Waals surface area contributed by atoms with Crippen molar-refractivity contribution in [3.63, 3.8) is 0 Å². The molecule has 1 heterocycles. The number of pyridine rings is 1. The van der Waals surface area contributed by atoms with E-state index in [0.29, 0.717) is 6.42 Å². The van der Waals surface area contributed by atoms with Gasteiger partial charge in [0.15, 0.2) is 17.2 Å². The number of nitro groups is 1. The third-order valence-corrected chi connectivity index (χ3v) is 5.64. The number of nitrogens with zero attached hydrogens (tertiary/aromatic N) is 5. The zero-order chi connectivity index (χ0) is 25.7. The van der Waals surface area contributed by atoms with Gasteiger partial charge in [0.2, 0.25) is 5.88 Å². The Bertz CT molecular complexity index is 1460. The number of aromatic nitrogens is 1. The molecule has 0 amide bonds. The number of nitro benzene ring substituents is 1. The molecule has 0 fully saturated rings. The Hall–Kier alpha value is -4.36. The summed E-state index contributed by atoms with van der Waals surface area (Å²) < 4.78 is 1.03. The van der Waals surface area contributed by atoms with Crippen molar-refractivity contribution in [3.05, 3.63) is 90.2 Å². The van der Waals surface area contributed by atoms with Crippen molar-refractivity contribution in [2.75, 3.05) is 0 Å². The zero-order valence-corrected chi connectivity index (χ0v) is 19.6. The van der Waals surface area contributed by atoms with Gasteiger partial charge in [-0.15, -0.1) is 10.2 Å². The average molecular weight is 494 g/mol.